The van der Waals surface area contributed by atoms with Crippen LogP contribution in [0.1, 0.15) is 33.1 Å². The fraction of sp³-hybridized carbons (Fsp3) is 0.778. The number of carbonyl (C=O) groups excluding carboxylic acids is 1. The van der Waals surface area contributed by atoms with Gasteiger partial charge in [-0.05, 0) is 12.8 Å². The van der Waals surface area contributed by atoms with Crippen molar-refractivity contribution in [1.82, 2.24) is 5.32 Å². The monoisotopic (exact) mass is 202 g/mol. The van der Waals surface area contributed by atoms with Crippen LogP contribution in [0.5, 0.6) is 0 Å². The summed E-state index contributed by atoms with van der Waals surface area (Å²) in [6.07, 6.45) is 1.64. The molecular weight excluding hydrogens is 184 g/mol. The largest absolute Gasteiger partial charge is 0.480 e. The third-order valence-electron chi connectivity index (χ3n) is 1.97. The van der Waals surface area contributed by atoms with Crippen molar-refractivity contribution < 1.29 is 14.7 Å². The van der Waals surface area contributed by atoms with E-state index in [9.17, 15) is 9.59 Å². The molecule has 0 saturated heterocycles. The first kappa shape index (κ1) is 12.9. The maximum atomic E-state index is 11.3. The van der Waals surface area contributed by atoms with Crippen LogP contribution in [0.2, 0.25) is 0 Å². The van der Waals surface area contributed by atoms with E-state index in [1.807, 2.05) is 6.92 Å². The van der Waals surface area contributed by atoms with Crippen molar-refractivity contribution in [2.75, 3.05) is 0 Å². The highest BCUT2D eigenvalue weighted by atomic mass is 16.4. The highest BCUT2D eigenvalue weighted by Crippen LogP contribution is 1.98. The second-order valence-electron chi connectivity index (χ2n) is 3.20. The van der Waals surface area contributed by atoms with E-state index < -0.39 is 24.0 Å². The van der Waals surface area contributed by atoms with Crippen LogP contribution in [0.3, 0.4) is 0 Å². The summed E-state index contributed by atoms with van der Waals surface area (Å²) in [6.45, 7) is 3.64. The van der Waals surface area contributed by atoms with Crippen molar-refractivity contribution in [1.29, 1.82) is 0 Å². The molecule has 0 unspecified atom stereocenters. The Balaban J connectivity index is 4.15. The predicted molar refractivity (Wildman–Crippen MR) is 52.7 cm³/mol. The van der Waals surface area contributed by atoms with Gasteiger partial charge in [-0.15, -0.1) is 0 Å². The van der Waals surface area contributed by atoms with Crippen molar-refractivity contribution in [2.24, 2.45) is 5.73 Å². The van der Waals surface area contributed by atoms with Crippen molar-refractivity contribution in [3.63, 3.8) is 0 Å². The lowest BCUT2D eigenvalue weighted by molar-refractivity contribution is -0.142. The molecule has 0 aromatic rings. The highest BCUT2D eigenvalue weighted by molar-refractivity contribution is 5.86. The summed E-state index contributed by atoms with van der Waals surface area (Å²) in [5.41, 5.74) is 5.46. The van der Waals surface area contributed by atoms with E-state index in [2.05, 4.69) is 5.32 Å². The minimum absolute atomic E-state index is 0.395. The number of aliphatic carboxylic acids is 1. The molecule has 0 radical (unpaired) electrons. The quantitative estimate of drug-likeness (QED) is 0.569. The number of nitrogens with two attached hydrogens (primary N) is 1. The molecule has 1 amide bonds. The van der Waals surface area contributed by atoms with Crippen LogP contribution in [0.25, 0.3) is 0 Å². The normalized spacial score (nSPS) is 14.5. The number of carbonyl (C=O) groups is 2. The number of rotatable bonds is 6. The second-order valence-corrected chi connectivity index (χ2v) is 3.20. The Kier molecular flexibility index (Phi) is 5.87. The summed E-state index contributed by atoms with van der Waals surface area (Å²) in [5.74, 6) is -1.41. The minimum atomic E-state index is -1.01. The number of hydrogen-bond acceptors (Lipinski definition) is 3. The van der Waals surface area contributed by atoms with Crippen LogP contribution < -0.4 is 11.1 Å². The van der Waals surface area contributed by atoms with Gasteiger partial charge in [0.2, 0.25) is 5.91 Å². The van der Waals surface area contributed by atoms with E-state index in [-0.39, 0.29) is 0 Å². The Labute approximate surface area is 83.7 Å². The van der Waals surface area contributed by atoms with Gasteiger partial charge in [0.15, 0.2) is 0 Å². The van der Waals surface area contributed by atoms with Crippen molar-refractivity contribution >= 4 is 11.9 Å². The number of carboxylic acid groups (broad SMARTS) is 1. The maximum Gasteiger partial charge on any atom is 0.326 e. The molecule has 0 saturated carbocycles. The SMILES string of the molecule is CCC[C@@H](NC(=O)[C@H](N)CC)C(=O)O. The highest BCUT2D eigenvalue weighted by Gasteiger charge is 2.21. The zero-order valence-corrected chi connectivity index (χ0v) is 8.62. The summed E-state index contributed by atoms with van der Waals surface area (Å²) in [4.78, 5) is 21.9. The van der Waals surface area contributed by atoms with E-state index >= 15 is 0 Å². The van der Waals surface area contributed by atoms with Gasteiger partial charge in [-0.25, -0.2) is 4.79 Å². The fourth-order valence-corrected chi connectivity index (χ4v) is 1.01. The van der Waals surface area contributed by atoms with Gasteiger partial charge in [-0.2, -0.15) is 0 Å². The Hall–Kier alpha value is -1.10. The molecule has 5 heteroatoms. The summed E-state index contributed by atoms with van der Waals surface area (Å²) in [5, 5.41) is 11.2. The van der Waals surface area contributed by atoms with Gasteiger partial charge in [-0.3, -0.25) is 4.79 Å². The van der Waals surface area contributed by atoms with E-state index in [0.717, 1.165) is 0 Å². The maximum absolute atomic E-state index is 11.3. The number of hydrogen-bond donors (Lipinski definition) is 3. The van der Waals surface area contributed by atoms with E-state index in [4.69, 9.17) is 10.8 Å². The average molecular weight is 202 g/mol. The Bertz CT molecular complexity index is 206. The first-order chi connectivity index (χ1) is 6.52. The summed E-state index contributed by atoms with van der Waals surface area (Å²) in [7, 11) is 0. The minimum Gasteiger partial charge on any atom is -0.480 e. The van der Waals surface area contributed by atoms with Crippen molar-refractivity contribution in [3.05, 3.63) is 0 Å². The van der Waals surface area contributed by atoms with E-state index in [1.165, 1.54) is 0 Å². The molecule has 0 aliphatic heterocycles. The van der Waals surface area contributed by atoms with E-state index in [0.29, 0.717) is 19.3 Å². The third-order valence-corrected chi connectivity index (χ3v) is 1.97. The molecule has 4 N–H and O–H groups in total. The van der Waals surface area contributed by atoms with Gasteiger partial charge < -0.3 is 16.2 Å². The second kappa shape index (κ2) is 6.37. The lowest BCUT2D eigenvalue weighted by Crippen LogP contribution is -2.48. The molecule has 2 atom stereocenters. The standard InChI is InChI=1S/C9H18N2O3/c1-3-5-7(9(13)14)11-8(12)6(10)4-2/h6-7H,3-5,10H2,1-2H3,(H,11,12)(H,13,14)/t6-,7-/m1/s1. The topological polar surface area (TPSA) is 92.4 Å². The fourth-order valence-electron chi connectivity index (χ4n) is 1.01. The van der Waals surface area contributed by atoms with Gasteiger partial charge in [0.25, 0.3) is 0 Å². The zero-order valence-electron chi connectivity index (χ0n) is 8.62. The zero-order chi connectivity index (χ0) is 11.1. The molecule has 0 bridgehead atoms. The van der Waals surface area contributed by atoms with Crippen LogP contribution in [-0.2, 0) is 9.59 Å². The van der Waals surface area contributed by atoms with Gasteiger partial charge in [0, 0.05) is 0 Å². The first-order valence-electron chi connectivity index (χ1n) is 4.81. The molecule has 0 aliphatic rings. The van der Waals surface area contributed by atoms with Crippen molar-refractivity contribution in [2.45, 2.75) is 45.2 Å². The molecule has 14 heavy (non-hydrogen) atoms. The van der Waals surface area contributed by atoms with Gasteiger partial charge in [0.1, 0.15) is 6.04 Å². The number of amides is 1. The smallest absolute Gasteiger partial charge is 0.326 e. The van der Waals surface area contributed by atoms with Crippen LogP contribution in [0, 0.1) is 0 Å². The lowest BCUT2D eigenvalue weighted by atomic mass is 10.1. The molecule has 0 aromatic carbocycles. The van der Waals surface area contributed by atoms with Gasteiger partial charge >= 0.3 is 5.97 Å². The molecule has 5 nitrogen and oxygen atoms in total. The van der Waals surface area contributed by atoms with Crippen LogP contribution in [-0.4, -0.2) is 29.1 Å². The molecule has 0 aliphatic carbocycles. The third kappa shape index (κ3) is 4.23. The van der Waals surface area contributed by atoms with Crippen molar-refractivity contribution in [3.8, 4) is 0 Å². The predicted octanol–water partition coefficient (Wildman–Crippen LogP) is 0.0932. The molecule has 82 valence electrons. The molecule has 0 rings (SSSR count). The van der Waals surface area contributed by atoms with Crippen LogP contribution in [0.4, 0.5) is 0 Å². The molecular formula is C9H18N2O3. The first-order valence-corrected chi connectivity index (χ1v) is 4.81. The number of carboxylic acids is 1. The van der Waals surface area contributed by atoms with Gasteiger partial charge in [-0.1, -0.05) is 20.3 Å². The Morgan fingerprint density at radius 1 is 1.43 bits per heavy atom. The molecule has 0 spiro atoms. The van der Waals surface area contributed by atoms with Crippen LogP contribution in [0.15, 0.2) is 0 Å². The summed E-state index contributed by atoms with van der Waals surface area (Å²) in [6, 6.07) is -1.43. The van der Waals surface area contributed by atoms with E-state index in [1.54, 1.807) is 6.92 Å². The Morgan fingerprint density at radius 2 is 2.00 bits per heavy atom. The summed E-state index contributed by atoms with van der Waals surface area (Å²) >= 11 is 0. The average Bonchev–Trinajstić information content (AvgIpc) is 2.15. The summed E-state index contributed by atoms with van der Waals surface area (Å²) < 4.78 is 0. The van der Waals surface area contributed by atoms with Gasteiger partial charge in [0.05, 0.1) is 6.04 Å². The molecule has 0 aromatic heterocycles. The lowest BCUT2D eigenvalue weighted by Gasteiger charge is -2.16. The molecule has 0 fully saturated rings. The molecule has 0 heterocycles. The number of nitrogens with one attached hydrogen (secondary N) is 1. The van der Waals surface area contributed by atoms with Crippen LogP contribution >= 0.6 is 0 Å². The Morgan fingerprint density at radius 3 is 2.36 bits per heavy atom.